The van der Waals surface area contributed by atoms with Gasteiger partial charge in [-0.2, -0.15) is 0 Å². The Hall–Kier alpha value is -1.70. The van der Waals surface area contributed by atoms with E-state index in [-0.39, 0.29) is 0 Å². The molecule has 0 aliphatic rings. The van der Waals surface area contributed by atoms with Gasteiger partial charge in [0.15, 0.2) is 0 Å². The molecule has 1 N–H and O–H groups in total. The maximum atomic E-state index is 9.88. The molecule has 0 fully saturated rings. The highest BCUT2D eigenvalue weighted by Gasteiger charge is 2.09. The molecule has 2 heteroatoms. The molecule has 0 radical (unpaired) electrons. The first-order valence-corrected chi connectivity index (χ1v) is 7.59. The maximum absolute atomic E-state index is 9.88. The molecule has 1 unspecified atom stereocenters. The Balaban J connectivity index is 2.11. The highest BCUT2D eigenvalue weighted by atomic mass is 16.5. The van der Waals surface area contributed by atoms with Crippen molar-refractivity contribution in [2.75, 3.05) is 6.61 Å². The predicted octanol–water partition coefficient (Wildman–Crippen LogP) is 5.14. The zero-order valence-electron chi connectivity index (χ0n) is 12.4. The van der Waals surface area contributed by atoms with Crippen LogP contribution in [0.5, 0.6) is 11.5 Å². The molecule has 0 saturated heterocycles. The smallest absolute Gasteiger partial charge is 0.127 e. The van der Waals surface area contributed by atoms with Gasteiger partial charge in [0.25, 0.3) is 0 Å². The van der Waals surface area contributed by atoms with Crippen LogP contribution < -0.4 is 4.74 Å². The minimum absolute atomic E-state index is 0.311. The zero-order valence-corrected chi connectivity index (χ0v) is 12.4. The summed E-state index contributed by atoms with van der Waals surface area (Å²) >= 11 is 0. The van der Waals surface area contributed by atoms with E-state index in [4.69, 9.17) is 4.74 Å². The number of hydrogen-bond acceptors (Lipinski definition) is 2. The molecule has 0 aromatic heterocycles. The van der Waals surface area contributed by atoms with Gasteiger partial charge in [0, 0.05) is 10.8 Å². The third-order valence-corrected chi connectivity index (χ3v) is 3.88. The summed E-state index contributed by atoms with van der Waals surface area (Å²) in [6.45, 7) is 5.20. The fourth-order valence-electron chi connectivity index (χ4n) is 2.50. The van der Waals surface area contributed by atoms with Crippen LogP contribution in [-0.2, 0) is 0 Å². The van der Waals surface area contributed by atoms with E-state index < -0.39 is 0 Å². The van der Waals surface area contributed by atoms with Crippen LogP contribution in [0.25, 0.3) is 10.8 Å². The SMILES string of the molecule is CCCCC(CC)COc1cccc2c(O)cccc12. The van der Waals surface area contributed by atoms with Gasteiger partial charge in [0.1, 0.15) is 11.5 Å². The van der Waals surface area contributed by atoms with Crippen molar-refractivity contribution in [1.29, 1.82) is 0 Å². The van der Waals surface area contributed by atoms with E-state index in [9.17, 15) is 5.11 Å². The molecule has 0 heterocycles. The molecule has 0 aliphatic carbocycles. The van der Waals surface area contributed by atoms with Crippen molar-refractivity contribution >= 4 is 10.8 Å². The largest absolute Gasteiger partial charge is 0.507 e. The number of hydrogen-bond donors (Lipinski definition) is 1. The second-order valence-corrected chi connectivity index (χ2v) is 5.36. The molecule has 0 spiro atoms. The monoisotopic (exact) mass is 272 g/mol. The number of rotatable bonds is 7. The first kappa shape index (κ1) is 14.7. The summed E-state index contributed by atoms with van der Waals surface area (Å²) in [5, 5.41) is 11.7. The van der Waals surface area contributed by atoms with Crippen LogP contribution in [0.2, 0.25) is 0 Å². The topological polar surface area (TPSA) is 29.5 Å². The van der Waals surface area contributed by atoms with E-state index in [0.717, 1.165) is 29.5 Å². The van der Waals surface area contributed by atoms with Gasteiger partial charge in [-0.15, -0.1) is 0 Å². The molecular formula is C18H24O2. The van der Waals surface area contributed by atoms with Crippen molar-refractivity contribution in [1.82, 2.24) is 0 Å². The highest BCUT2D eigenvalue weighted by molar-refractivity contribution is 5.92. The van der Waals surface area contributed by atoms with Crippen LogP contribution in [0.4, 0.5) is 0 Å². The molecule has 0 bridgehead atoms. The summed E-state index contributed by atoms with van der Waals surface area (Å²) in [4.78, 5) is 0. The summed E-state index contributed by atoms with van der Waals surface area (Å²) in [5.41, 5.74) is 0. The van der Waals surface area contributed by atoms with Gasteiger partial charge in [-0.25, -0.2) is 0 Å². The second-order valence-electron chi connectivity index (χ2n) is 5.36. The Morgan fingerprint density at radius 3 is 2.55 bits per heavy atom. The summed E-state index contributed by atoms with van der Waals surface area (Å²) in [5.74, 6) is 1.79. The van der Waals surface area contributed by atoms with Gasteiger partial charge in [0.05, 0.1) is 6.61 Å². The van der Waals surface area contributed by atoms with E-state index in [1.54, 1.807) is 6.07 Å². The number of aromatic hydroxyl groups is 1. The molecular weight excluding hydrogens is 248 g/mol. The van der Waals surface area contributed by atoms with Crippen molar-refractivity contribution in [3.8, 4) is 11.5 Å². The Bertz CT molecular complexity index is 548. The van der Waals surface area contributed by atoms with Crippen molar-refractivity contribution in [2.24, 2.45) is 5.92 Å². The Labute approximate surface area is 121 Å². The lowest BCUT2D eigenvalue weighted by Gasteiger charge is -2.16. The number of benzene rings is 2. The third kappa shape index (κ3) is 3.44. The maximum Gasteiger partial charge on any atom is 0.127 e. The highest BCUT2D eigenvalue weighted by Crippen LogP contribution is 2.31. The van der Waals surface area contributed by atoms with E-state index in [1.807, 2.05) is 30.3 Å². The lowest BCUT2D eigenvalue weighted by Crippen LogP contribution is -2.11. The fourth-order valence-corrected chi connectivity index (χ4v) is 2.50. The Kier molecular flexibility index (Phi) is 5.28. The standard InChI is InChI=1S/C18H24O2/c1-3-5-8-14(4-2)13-20-18-12-7-9-15-16(18)10-6-11-17(15)19/h6-7,9-12,14,19H,3-5,8,13H2,1-2H3. The summed E-state index contributed by atoms with van der Waals surface area (Å²) < 4.78 is 6.01. The van der Waals surface area contributed by atoms with Gasteiger partial charge < -0.3 is 9.84 Å². The Morgan fingerprint density at radius 1 is 1.05 bits per heavy atom. The third-order valence-electron chi connectivity index (χ3n) is 3.88. The number of fused-ring (bicyclic) bond motifs is 1. The number of ether oxygens (including phenoxy) is 1. The van der Waals surface area contributed by atoms with Crippen molar-refractivity contribution in [2.45, 2.75) is 39.5 Å². The van der Waals surface area contributed by atoms with E-state index in [2.05, 4.69) is 13.8 Å². The Morgan fingerprint density at radius 2 is 1.80 bits per heavy atom. The van der Waals surface area contributed by atoms with Gasteiger partial charge >= 0.3 is 0 Å². The molecule has 0 amide bonds. The van der Waals surface area contributed by atoms with E-state index >= 15 is 0 Å². The molecule has 2 aromatic rings. The molecule has 108 valence electrons. The first-order chi connectivity index (χ1) is 9.76. The molecule has 0 aliphatic heterocycles. The fraction of sp³-hybridized carbons (Fsp3) is 0.444. The summed E-state index contributed by atoms with van der Waals surface area (Å²) in [6.07, 6.45) is 4.87. The average Bonchev–Trinajstić information content (AvgIpc) is 2.48. The first-order valence-electron chi connectivity index (χ1n) is 7.59. The quantitative estimate of drug-likeness (QED) is 0.756. The van der Waals surface area contributed by atoms with Crippen LogP contribution in [-0.4, -0.2) is 11.7 Å². The zero-order chi connectivity index (χ0) is 14.4. The van der Waals surface area contributed by atoms with Crippen LogP contribution in [0.1, 0.15) is 39.5 Å². The average molecular weight is 272 g/mol. The molecule has 2 aromatic carbocycles. The van der Waals surface area contributed by atoms with Crippen molar-refractivity contribution < 1.29 is 9.84 Å². The van der Waals surface area contributed by atoms with E-state index in [1.165, 1.54) is 19.3 Å². The lowest BCUT2D eigenvalue weighted by molar-refractivity contribution is 0.235. The molecule has 1 atom stereocenters. The lowest BCUT2D eigenvalue weighted by atomic mass is 10.0. The second kappa shape index (κ2) is 7.18. The number of phenolic OH excluding ortho intramolecular Hbond substituents is 1. The predicted molar refractivity (Wildman–Crippen MR) is 84.4 cm³/mol. The summed E-state index contributed by atoms with van der Waals surface area (Å²) in [7, 11) is 0. The van der Waals surface area contributed by atoms with Gasteiger partial charge in [-0.05, 0) is 24.5 Å². The summed E-state index contributed by atoms with van der Waals surface area (Å²) in [6, 6.07) is 11.4. The van der Waals surface area contributed by atoms with Crippen molar-refractivity contribution in [3.63, 3.8) is 0 Å². The van der Waals surface area contributed by atoms with Gasteiger partial charge in [0.2, 0.25) is 0 Å². The van der Waals surface area contributed by atoms with Gasteiger partial charge in [-0.3, -0.25) is 0 Å². The molecule has 2 rings (SSSR count). The van der Waals surface area contributed by atoms with Crippen molar-refractivity contribution in [3.05, 3.63) is 36.4 Å². The minimum Gasteiger partial charge on any atom is -0.507 e. The normalized spacial score (nSPS) is 12.5. The number of unbranched alkanes of at least 4 members (excludes halogenated alkanes) is 1. The van der Waals surface area contributed by atoms with Crippen LogP contribution >= 0.6 is 0 Å². The number of phenols is 1. The van der Waals surface area contributed by atoms with E-state index in [0.29, 0.717) is 11.7 Å². The molecule has 20 heavy (non-hydrogen) atoms. The van der Waals surface area contributed by atoms with Crippen LogP contribution in [0, 0.1) is 5.92 Å². The van der Waals surface area contributed by atoms with Crippen LogP contribution in [0.3, 0.4) is 0 Å². The molecule has 0 saturated carbocycles. The minimum atomic E-state index is 0.311. The van der Waals surface area contributed by atoms with Gasteiger partial charge in [-0.1, -0.05) is 57.4 Å². The van der Waals surface area contributed by atoms with Crippen LogP contribution in [0.15, 0.2) is 36.4 Å². The molecule has 2 nitrogen and oxygen atoms in total.